The topological polar surface area (TPSA) is 38.3 Å². The molecule has 0 saturated heterocycles. The molecule has 0 aliphatic rings. The van der Waals surface area contributed by atoms with E-state index in [9.17, 15) is 4.79 Å². The average Bonchev–Trinajstić information content (AvgIpc) is 2.64. The first-order chi connectivity index (χ1) is 12.2. The molecule has 2 aromatic carbocycles. The highest BCUT2D eigenvalue weighted by Crippen LogP contribution is 2.17. The van der Waals surface area contributed by atoms with Gasteiger partial charge in [0.05, 0.1) is 0 Å². The number of carbonyl (C=O) groups is 1. The van der Waals surface area contributed by atoms with Crippen molar-refractivity contribution in [2.75, 3.05) is 19.7 Å². The van der Waals surface area contributed by atoms with Gasteiger partial charge in [0, 0.05) is 22.1 Å². The SMILES string of the molecule is C=CCCNCC=CCOc1ccc(C(=O)c2ccc(Br)cc2)cc1. The molecule has 0 radical (unpaired) electrons. The summed E-state index contributed by atoms with van der Waals surface area (Å²) >= 11 is 3.37. The predicted molar refractivity (Wildman–Crippen MR) is 106 cm³/mol. The number of nitrogens with one attached hydrogen (secondary N) is 1. The minimum Gasteiger partial charge on any atom is -0.490 e. The molecule has 0 heterocycles. The summed E-state index contributed by atoms with van der Waals surface area (Å²) in [4.78, 5) is 12.4. The van der Waals surface area contributed by atoms with E-state index in [0.29, 0.717) is 17.7 Å². The van der Waals surface area contributed by atoms with Gasteiger partial charge in [-0.25, -0.2) is 0 Å². The van der Waals surface area contributed by atoms with Crippen LogP contribution in [0.1, 0.15) is 22.3 Å². The van der Waals surface area contributed by atoms with Gasteiger partial charge in [-0.05, 0) is 61.5 Å². The largest absolute Gasteiger partial charge is 0.490 e. The Morgan fingerprint density at radius 2 is 1.68 bits per heavy atom. The van der Waals surface area contributed by atoms with E-state index >= 15 is 0 Å². The zero-order chi connectivity index (χ0) is 17.9. The van der Waals surface area contributed by atoms with Gasteiger partial charge in [0.15, 0.2) is 5.78 Å². The lowest BCUT2D eigenvalue weighted by Crippen LogP contribution is -2.14. The second-order valence-electron chi connectivity index (χ2n) is 5.42. The van der Waals surface area contributed by atoms with Gasteiger partial charge in [0.1, 0.15) is 12.4 Å². The summed E-state index contributed by atoms with van der Waals surface area (Å²) in [5.74, 6) is 0.751. The zero-order valence-corrected chi connectivity index (χ0v) is 15.7. The molecule has 2 aromatic rings. The second kappa shape index (κ2) is 10.6. The summed E-state index contributed by atoms with van der Waals surface area (Å²) in [5, 5.41) is 3.27. The summed E-state index contributed by atoms with van der Waals surface area (Å²) in [6.45, 7) is 5.93. The highest BCUT2D eigenvalue weighted by molar-refractivity contribution is 9.10. The zero-order valence-electron chi connectivity index (χ0n) is 14.1. The van der Waals surface area contributed by atoms with E-state index in [2.05, 4.69) is 27.8 Å². The molecule has 0 aliphatic carbocycles. The van der Waals surface area contributed by atoms with Gasteiger partial charge in [0.2, 0.25) is 0 Å². The summed E-state index contributed by atoms with van der Waals surface area (Å²) in [5.41, 5.74) is 1.32. The Kier molecular flexibility index (Phi) is 8.16. The first-order valence-corrected chi connectivity index (χ1v) is 9.00. The molecule has 0 saturated carbocycles. The summed E-state index contributed by atoms with van der Waals surface area (Å²) in [6, 6.07) is 14.6. The number of ether oxygens (including phenoxy) is 1. The third-order valence-electron chi connectivity index (χ3n) is 3.52. The summed E-state index contributed by atoms with van der Waals surface area (Å²) in [6.07, 6.45) is 6.87. The number of benzene rings is 2. The molecule has 3 nitrogen and oxygen atoms in total. The molecule has 1 N–H and O–H groups in total. The molecule has 0 aromatic heterocycles. The molecule has 25 heavy (non-hydrogen) atoms. The molecule has 0 bridgehead atoms. The number of hydrogen-bond acceptors (Lipinski definition) is 3. The van der Waals surface area contributed by atoms with Crippen LogP contribution in [-0.2, 0) is 0 Å². The molecule has 0 unspecified atom stereocenters. The average molecular weight is 400 g/mol. The van der Waals surface area contributed by atoms with Crippen LogP contribution < -0.4 is 10.1 Å². The van der Waals surface area contributed by atoms with Crippen molar-refractivity contribution in [3.63, 3.8) is 0 Å². The maximum absolute atomic E-state index is 12.4. The smallest absolute Gasteiger partial charge is 0.193 e. The second-order valence-corrected chi connectivity index (χ2v) is 6.34. The normalized spacial score (nSPS) is 10.8. The lowest BCUT2D eigenvalue weighted by Gasteiger charge is -2.05. The highest BCUT2D eigenvalue weighted by atomic mass is 79.9. The van der Waals surface area contributed by atoms with Crippen molar-refractivity contribution in [1.82, 2.24) is 5.32 Å². The van der Waals surface area contributed by atoms with Crippen LogP contribution in [0, 0.1) is 0 Å². The van der Waals surface area contributed by atoms with Crippen molar-refractivity contribution in [3.8, 4) is 5.75 Å². The minimum absolute atomic E-state index is 0.00421. The van der Waals surface area contributed by atoms with Gasteiger partial charge >= 0.3 is 0 Å². The van der Waals surface area contributed by atoms with E-state index in [1.54, 1.807) is 12.1 Å². The van der Waals surface area contributed by atoms with Crippen LogP contribution in [-0.4, -0.2) is 25.5 Å². The Balaban J connectivity index is 1.79. The summed E-state index contributed by atoms with van der Waals surface area (Å²) < 4.78 is 6.60. The van der Waals surface area contributed by atoms with Gasteiger partial charge in [-0.2, -0.15) is 0 Å². The first-order valence-electron chi connectivity index (χ1n) is 8.20. The Morgan fingerprint density at radius 1 is 1.04 bits per heavy atom. The van der Waals surface area contributed by atoms with Crippen LogP contribution >= 0.6 is 15.9 Å². The van der Waals surface area contributed by atoms with E-state index in [1.807, 2.05) is 54.6 Å². The fourth-order valence-corrected chi connectivity index (χ4v) is 2.42. The molecule has 0 spiro atoms. The van der Waals surface area contributed by atoms with E-state index in [0.717, 1.165) is 29.7 Å². The molecule has 2 rings (SSSR count). The van der Waals surface area contributed by atoms with Crippen LogP contribution in [0.3, 0.4) is 0 Å². The molecule has 0 atom stereocenters. The van der Waals surface area contributed by atoms with Gasteiger partial charge in [-0.1, -0.05) is 34.2 Å². The molecule has 130 valence electrons. The Labute approximate surface area is 157 Å². The van der Waals surface area contributed by atoms with Gasteiger partial charge < -0.3 is 10.1 Å². The Bertz CT molecular complexity index is 706. The maximum atomic E-state index is 12.4. The van der Waals surface area contributed by atoms with Crippen molar-refractivity contribution in [3.05, 3.63) is 88.9 Å². The lowest BCUT2D eigenvalue weighted by molar-refractivity contribution is 0.103. The van der Waals surface area contributed by atoms with Crippen LogP contribution in [0.5, 0.6) is 5.75 Å². The number of carbonyl (C=O) groups excluding carboxylic acids is 1. The lowest BCUT2D eigenvalue weighted by atomic mass is 10.0. The first kappa shape index (κ1) is 19.2. The van der Waals surface area contributed by atoms with Crippen LogP contribution in [0.15, 0.2) is 77.8 Å². The Hall–Kier alpha value is -2.17. The van der Waals surface area contributed by atoms with E-state index < -0.39 is 0 Å². The van der Waals surface area contributed by atoms with Crippen molar-refractivity contribution >= 4 is 21.7 Å². The highest BCUT2D eigenvalue weighted by Gasteiger charge is 2.08. The Morgan fingerprint density at radius 3 is 2.32 bits per heavy atom. The van der Waals surface area contributed by atoms with Crippen LogP contribution in [0.2, 0.25) is 0 Å². The number of halogens is 1. The monoisotopic (exact) mass is 399 g/mol. The van der Waals surface area contributed by atoms with Crippen molar-refractivity contribution in [2.24, 2.45) is 0 Å². The van der Waals surface area contributed by atoms with Crippen molar-refractivity contribution < 1.29 is 9.53 Å². The molecular formula is C21H22BrNO2. The van der Waals surface area contributed by atoms with Gasteiger partial charge in [0.25, 0.3) is 0 Å². The van der Waals surface area contributed by atoms with E-state index in [4.69, 9.17) is 4.74 Å². The standard InChI is InChI=1S/C21H22BrNO2/c1-2-3-14-23-15-4-5-16-25-20-12-8-18(9-13-20)21(24)17-6-10-19(22)11-7-17/h2,4-13,23H,1,3,14-16H2. The molecular weight excluding hydrogens is 378 g/mol. The quantitative estimate of drug-likeness (QED) is 0.354. The number of hydrogen-bond donors (Lipinski definition) is 1. The number of rotatable bonds is 10. The molecule has 0 fully saturated rings. The van der Waals surface area contributed by atoms with Crippen molar-refractivity contribution in [1.29, 1.82) is 0 Å². The summed E-state index contributed by atoms with van der Waals surface area (Å²) in [7, 11) is 0. The van der Waals surface area contributed by atoms with Crippen LogP contribution in [0.4, 0.5) is 0 Å². The fourth-order valence-electron chi connectivity index (χ4n) is 2.16. The third-order valence-corrected chi connectivity index (χ3v) is 4.05. The minimum atomic E-state index is 0.00421. The van der Waals surface area contributed by atoms with E-state index in [1.165, 1.54) is 0 Å². The van der Waals surface area contributed by atoms with E-state index in [-0.39, 0.29) is 5.78 Å². The molecule has 4 heteroatoms. The number of ketones is 1. The fraction of sp³-hybridized carbons (Fsp3) is 0.190. The van der Waals surface area contributed by atoms with Gasteiger partial charge in [-0.3, -0.25) is 4.79 Å². The molecule has 0 amide bonds. The molecule has 0 aliphatic heterocycles. The maximum Gasteiger partial charge on any atom is 0.193 e. The van der Waals surface area contributed by atoms with Crippen molar-refractivity contribution in [2.45, 2.75) is 6.42 Å². The third kappa shape index (κ3) is 6.69. The van der Waals surface area contributed by atoms with Crippen LogP contribution in [0.25, 0.3) is 0 Å². The van der Waals surface area contributed by atoms with Gasteiger partial charge in [-0.15, -0.1) is 6.58 Å². The predicted octanol–water partition coefficient (Wildman–Crippen LogP) is 4.78.